The first-order chi connectivity index (χ1) is 17.8. The molecule has 7 heteroatoms. The van der Waals surface area contributed by atoms with Gasteiger partial charge < -0.3 is 29.2 Å². The highest BCUT2D eigenvalue weighted by Gasteiger charge is 2.48. The van der Waals surface area contributed by atoms with Crippen LogP contribution in [0.4, 0.5) is 0 Å². The molecule has 0 radical (unpaired) electrons. The number of carbonyl (C=O) groups is 1. The average Bonchev–Trinajstić information content (AvgIpc) is 2.92. The van der Waals surface area contributed by atoms with Crippen molar-refractivity contribution < 1.29 is 34.0 Å². The van der Waals surface area contributed by atoms with Crippen LogP contribution in [0.15, 0.2) is 54.6 Å². The zero-order chi connectivity index (χ0) is 26.6. The quantitative estimate of drug-likeness (QED) is 0.405. The highest BCUT2D eigenvalue weighted by atomic mass is 16.5. The van der Waals surface area contributed by atoms with Crippen molar-refractivity contribution in [3.8, 4) is 17.2 Å². The van der Waals surface area contributed by atoms with Crippen LogP contribution < -0.4 is 14.2 Å². The average molecular weight is 509 g/mol. The van der Waals surface area contributed by atoms with Crippen LogP contribution >= 0.6 is 0 Å². The van der Waals surface area contributed by atoms with Crippen molar-refractivity contribution in [2.45, 2.75) is 50.9 Å². The predicted octanol–water partition coefficient (Wildman–Crippen LogP) is 4.68. The van der Waals surface area contributed by atoms with Crippen molar-refractivity contribution in [1.82, 2.24) is 0 Å². The fourth-order valence-corrected chi connectivity index (χ4v) is 5.58. The zero-order valence-electron chi connectivity index (χ0n) is 21.9. The summed E-state index contributed by atoms with van der Waals surface area (Å²) in [6.45, 7) is 1.76. The number of hydrogen-bond acceptors (Lipinski definition) is 7. The molecule has 1 saturated carbocycles. The predicted molar refractivity (Wildman–Crippen MR) is 141 cm³/mol. The molecule has 4 atom stereocenters. The van der Waals surface area contributed by atoms with Gasteiger partial charge in [-0.15, -0.1) is 0 Å². The molecule has 3 aromatic carbocycles. The summed E-state index contributed by atoms with van der Waals surface area (Å²) in [6.07, 6.45) is 0.621. The Labute approximate surface area is 217 Å². The lowest BCUT2D eigenvalue weighted by molar-refractivity contribution is -0.168. The van der Waals surface area contributed by atoms with Crippen LogP contribution in [0.2, 0.25) is 0 Å². The van der Waals surface area contributed by atoms with E-state index in [1.807, 2.05) is 54.6 Å². The number of ether oxygens (including phenoxy) is 4. The van der Waals surface area contributed by atoms with Gasteiger partial charge in [0.15, 0.2) is 0 Å². The molecule has 1 aliphatic carbocycles. The van der Waals surface area contributed by atoms with Gasteiger partial charge in [0.25, 0.3) is 0 Å². The normalized spacial score (nSPS) is 22.3. The largest absolute Gasteiger partial charge is 0.496 e. The van der Waals surface area contributed by atoms with Gasteiger partial charge in [0, 0.05) is 5.39 Å². The molecule has 0 bridgehead atoms. The Kier molecular flexibility index (Phi) is 8.25. The fourth-order valence-electron chi connectivity index (χ4n) is 5.58. The lowest BCUT2D eigenvalue weighted by Crippen LogP contribution is -2.53. The lowest BCUT2D eigenvalue weighted by Gasteiger charge is -2.44. The molecule has 198 valence electrons. The maximum absolute atomic E-state index is 12.9. The maximum Gasteiger partial charge on any atom is 0.309 e. The monoisotopic (exact) mass is 508 g/mol. The molecular formula is C30H36O7. The minimum atomic E-state index is -1.47. The molecule has 0 saturated heterocycles. The summed E-state index contributed by atoms with van der Waals surface area (Å²) in [6, 6.07) is 17.1. The minimum Gasteiger partial charge on any atom is -0.496 e. The van der Waals surface area contributed by atoms with Gasteiger partial charge >= 0.3 is 5.97 Å². The van der Waals surface area contributed by atoms with Crippen LogP contribution in [0.1, 0.15) is 37.3 Å². The second-order valence-corrected chi connectivity index (χ2v) is 9.79. The van der Waals surface area contributed by atoms with Gasteiger partial charge in [-0.25, -0.2) is 0 Å². The van der Waals surface area contributed by atoms with E-state index in [1.54, 1.807) is 28.3 Å². The van der Waals surface area contributed by atoms with Gasteiger partial charge in [-0.1, -0.05) is 42.5 Å². The van der Waals surface area contributed by atoms with E-state index in [9.17, 15) is 15.0 Å². The number of aliphatic hydroxyl groups excluding tert-OH is 1. The molecule has 1 fully saturated rings. The Hall–Kier alpha value is -3.29. The van der Waals surface area contributed by atoms with Crippen LogP contribution in [0, 0.1) is 11.8 Å². The number of esters is 1. The highest BCUT2D eigenvalue weighted by Crippen LogP contribution is 2.46. The molecule has 4 unspecified atom stereocenters. The van der Waals surface area contributed by atoms with Crippen LogP contribution in [0.5, 0.6) is 17.2 Å². The van der Waals surface area contributed by atoms with Crippen LogP contribution in [-0.2, 0) is 22.6 Å². The topological polar surface area (TPSA) is 94.5 Å². The van der Waals surface area contributed by atoms with Gasteiger partial charge in [0.1, 0.15) is 23.9 Å². The second kappa shape index (κ2) is 11.4. The molecule has 2 N–H and O–H groups in total. The van der Waals surface area contributed by atoms with Gasteiger partial charge in [-0.2, -0.15) is 0 Å². The lowest BCUT2D eigenvalue weighted by atomic mass is 9.66. The molecular weight excluding hydrogens is 472 g/mol. The molecule has 37 heavy (non-hydrogen) atoms. The van der Waals surface area contributed by atoms with E-state index in [0.717, 1.165) is 21.9 Å². The van der Waals surface area contributed by atoms with Gasteiger partial charge in [0.2, 0.25) is 0 Å². The molecule has 0 aliphatic heterocycles. The zero-order valence-corrected chi connectivity index (χ0v) is 21.9. The Morgan fingerprint density at radius 3 is 2.38 bits per heavy atom. The van der Waals surface area contributed by atoms with Crippen LogP contribution in [0.25, 0.3) is 10.8 Å². The molecule has 7 nitrogen and oxygen atoms in total. The van der Waals surface area contributed by atoms with Crippen molar-refractivity contribution in [3.63, 3.8) is 0 Å². The third kappa shape index (κ3) is 5.38. The summed E-state index contributed by atoms with van der Waals surface area (Å²) in [7, 11) is 4.83. The van der Waals surface area contributed by atoms with Gasteiger partial charge in [-0.3, -0.25) is 4.79 Å². The summed E-state index contributed by atoms with van der Waals surface area (Å²) < 4.78 is 22.7. The Morgan fingerprint density at radius 2 is 1.73 bits per heavy atom. The van der Waals surface area contributed by atoms with E-state index in [0.29, 0.717) is 36.5 Å². The van der Waals surface area contributed by atoms with E-state index in [4.69, 9.17) is 18.9 Å². The van der Waals surface area contributed by atoms with Crippen molar-refractivity contribution in [2.75, 3.05) is 21.3 Å². The number of benzene rings is 3. The van der Waals surface area contributed by atoms with E-state index < -0.39 is 17.6 Å². The summed E-state index contributed by atoms with van der Waals surface area (Å²) in [4.78, 5) is 12.9. The molecule has 0 heterocycles. The maximum atomic E-state index is 12.9. The smallest absolute Gasteiger partial charge is 0.309 e. The number of methoxy groups -OCH3 is 3. The Balaban J connectivity index is 1.60. The number of aliphatic hydroxyl groups is 2. The number of rotatable bonds is 9. The first-order valence-electron chi connectivity index (χ1n) is 12.6. The minimum absolute atomic E-state index is 0.124. The molecule has 4 rings (SSSR count). The van der Waals surface area contributed by atoms with Crippen LogP contribution in [-0.4, -0.2) is 49.2 Å². The van der Waals surface area contributed by atoms with Crippen LogP contribution in [0.3, 0.4) is 0 Å². The molecule has 0 spiro atoms. The Morgan fingerprint density at radius 1 is 1.00 bits per heavy atom. The number of hydrogen-bond donors (Lipinski definition) is 2. The van der Waals surface area contributed by atoms with E-state index in [1.165, 1.54) is 0 Å². The highest BCUT2D eigenvalue weighted by molar-refractivity contribution is 5.99. The number of fused-ring (bicyclic) bond motifs is 1. The molecule has 0 amide bonds. The molecule has 3 aromatic rings. The fraction of sp³-hybridized carbons (Fsp3) is 0.433. The molecule has 1 aliphatic rings. The van der Waals surface area contributed by atoms with Gasteiger partial charge in [0.05, 0.1) is 44.3 Å². The second-order valence-electron chi connectivity index (χ2n) is 9.79. The number of carbonyl (C=O) groups excluding carboxylic acids is 1. The first-order valence-corrected chi connectivity index (χ1v) is 12.6. The van der Waals surface area contributed by atoms with E-state index in [-0.39, 0.29) is 24.9 Å². The standard InChI is InChI=1S/C30H36O7/c1-19(31)30(33)17-21(29(32)37-18-20-9-6-5-7-10-20)13-14-23(30)15-22-16-26(35-3)24-11-8-12-25(34-2)27(24)28(22)36-4/h5-12,16,19,21,23,31,33H,13-15,17-18H2,1-4H3. The summed E-state index contributed by atoms with van der Waals surface area (Å²) in [5, 5.41) is 24.1. The molecule has 0 aromatic heterocycles. The van der Waals surface area contributed by atoms with Crippen molar-refractivity contribution in [2.24, 2.45) is 11.8 Å². The van der Waals surface area contributed by atoms with Crippen molar-refractivity contribution in [3.05, 3.63) is 65.7 Å². The summed E-state index contributed by atoms with van der Waals surface area (Å²) in [5.41, 5.74) is 0.275. The van der Waals surface area contributed by atoms with E-state index in [2.05, 4.69) is 0 Å². The first kappa shape index (κ1) is 26.8. The van der Waals surface area contributed by atoms with Crippen molar-refractivity contribution >= 4 is 16.7 Å². The van der Waals surface area contributed by atoms with Crippen molar-refractivity contribution in [1.29, 1.82) is 0 Å². The van der Waals surface area contributed by atoms with E-state index >= 15 is 0 Å². The third-order valence-electron chi connectivity index (χ3n) is 7.65. The summed E-state index contributed by atoms with van der Waals surface area (Å²) >= 11 is 0. The third-order valence-corrected chi connectivity index (χ3v) is 7.65. The SMILES string of the molecule is COc1cc(CC2CCC(C(=O)OCc3ccccc3)CC2(O)C(C)O)c(OC)c2c(OC)cccc12. The van der Waals surface area contributed by atoms with Gasteiger partial charge in [-0.05, 0) is 61.8 Å². The Bertz CT molecular complexity index is 1220. The summed E-state index contributed by atoms with van der Waals surface area (Å²) in [5.74, 6) is 0.819.